The average molecular weight is 303 g/mol. The summed E-state index contributed by atoms with van der Waals surface area (Å²) in [6, 6.07) is -0.0813. The Kier molecular flexibility index (Phi) is 4.44. The molecule has 0 bridgehead atoms. The van der Waals surface area contributed by atoms with Crippen molar-refractivity contribution in [2.75, 3.05) is 24.6 Å². The summed E-state index contributed by atoms with van der Waals surface area (Å²) in [7, 11) is -2.95. The summed E-state index contributed by atoms with van der Waals surface area (Å²) in [5.74, 6) is 0.0225. The smallest absolute Gasteiger partial charge is 0.310 e. The molecule has 0 radical (unpaired) electrons. The highest BCUT2D eigenvalue weighted by atomic mass is 32.2. The Morgan fingerprint density at radius 1 is 1.40 bits per heavy atom. The lowest BCUT2D eigenvalue weighted by molar-refractivity contribution is -0.154. The van der Waals surface area contributed by atoms with Gasteiger partial charge in [0.25, 0.3) is 0 Å². The second-order valence-electron chi connectivity index (χ2n) is 6.72. The lowest BCUT2D eigenvalue weighted by Gasteiger charge is -2.43. The molecule has 0 aromatic carbocycles. The van der Waals surface area contributed by atoms with E-state index in [0.29, 0.717) is 31.8 Å². The monoisotopic (exact) mass is 303 g/mol. The van der Waals surface area contributed by atoms with Gasteiger partial charge in [-0.3, -0.25) is 9.69 Å². The molecule has 3 atom stereocenters. The molecular weight excluding hydrogens is 278 g/mol. The van der Waals surface area contributed by atoms with E-state index in [-0.39, 0.29) is 17.5 Å². The van der Waals surface area contributed by atoms with Crippen molar-refractivity contribution >= 4 is 15.8 Å². The van der Waals surface area contributed by atoms with E-state index in [1.807, 2.05) is 6.92 Å². The van der Waals surface area contributed by atoms with Crippen LogP contribution in [0.2, 0.25) is 0 Å². The third-order valence-corrected chi connectivity index (χ3v) is 6.65. The summed E-state index contributed by atoms with van der Waals surface area (Å²) < 4.78 is 23.2. The molecule has 6 heteroatoms. The van der Waals surface area contributed by atoms with Gasteiger partial charge in [0.1, 0.15) is 0 Å². The lowest BCUT2D eigenvalue weighted by Crippen LogP contribution is -2.53. The van der Waals surface area contributed by atoms with Gasteiger partial charge in [-0.15, -0.1) is 0 Å². The van der Waals surface area contributed by atoms with Crippen LogP contribution >= 0.6 is 0 Å². The van der Waals surface area contributed by atoms with Crippen LogP contribution < -0.4 is 0 Å². The SMILES string of the molecule is CC1CCCC(CN2CCS(=O)(=O)CC2C)(C(=O)O)C1. The molecule has 2 fully saturated rings. The second kappa shape index (κ2) is 5.64. The minimum absolute atomic E-state index is 0.0813. The Hall–Kier alpha value is -0.620. The van der Waals surface area contributed by atoms with E-state index >= 15 is 0 Å². The molecular formula is C14H25NO4S. The zero-order valence-electron chi connectivity index (χ0n) is 12.3. The van der Waals surface area contributed by atoms with E-state index < -0.39 is 21.2 Å². The van der Waals surface area contributed by atoms with Gasteiger partial charge >= 0.3 is 5.97 Å². The fraction of sp³-hybridized carbons (Fsp3) is 0.929. The van der Waals surface area contributed by atoms with Gasteiger partial charge in [0, 0.05) is 19.1 Å². The maximum absolute atomic E-state index is 11.8. The number of nitrogens with zero attached hydrogens (tertiary/aromatic N) is 1. The summed E-state index contributed by atoms with van der Waals surface area (Å²) in [6.45, 7) is 4.95. The molecule has 20 heavy (non-hydrogen) atoms. The van der Waals surface area contributed by atoms with E-state index in [1.165, 1.54) is 0 Å². The third-order valence-electron chi connectivity index (χ3n) is 4.86. The molecule has 0 spiro atoms. The van der Waals surface area contributed by atoms with Crippen LogP contribution in [0.15, 0.2) is 0 Å². The molecule has 1 aliphatic carbocycles. The van der Waals surface area contributed by atoms with Crippen LogP contribution in [0.25, 0.3) is 0 Å². The van der Waals surface area contributed by atoms with E-state index in [0.717, 1.165) is 12.8 Å². The van der Waals surface area contributed by atoms with Gasteiger partial charge in [0.05, 0.1) is 16.9 Å². The average Bonchev–Trinajstić information content (AvgIpc) is 2.32. The number of carbonyl (C=O) groups is 1. The van der Waals surface area contributed by atoms with E-state index in [9.17, 15) is 18.3 Å². The molecule has 116 valence electrons. The zero-order chi connectivity index (χ0) is 15.0. The van der Waals surface area contributed by atoms with Crippen molar-refractivity contribution < 1.29 is 18.3 Å². The Labute approximate surface area is 121 Å². The summed E-state index contributed by atoms with van der Waals surface area (Å²) in [5.41, 5.74) is -0.687. The molecule has 1 saturated heterocycles. The zero-order valence-corrected chi connectivity index (χ0v) is 13.2. The Morgan fingerprint density at radius 2 is 2.10 bits per heavy atom. The largest absolute Gasteiger partial charge is 0.481 e. The Morgan fingerprint density at radius 3 is 2.65 bits per heavy atom. The first kappa shape index (κ1) is 15.8. The summed E-state index contributed by atoms with van der Waals surface area (Å²) in [5, 5.41) is 9.68. The van der Waals surface area contributed by atoms with Gasteiger partial charge in [-0.1, -0.05) is 19.8 Å². The van der Waals surface area contributed by atoms with Crippen LogP contribution in [-0.2, 0) is 14.6 Å². The van der Waals surface area contributed by atoms with Crippen LogP contribution in [0.5, 0.6) is 0 Å². The van der Waals surface area contributed by atoms with Crippen molar-refractivity contribution in [2.24, 2.45) is 11.3 Å². The van der Waals surface area contributed by atoms with Crippen molar-refractivity contribution in [3.05, 3.63) is 0 Å². The normalized spacial score (nSPS) is 38.5. The van der Waals surface area contributed by atoms with E-state index in [2.05, 4.69) is 11.8 Å². The summed E-state index contributed by atoms with van der Waals surface area (Å²) in [4.78, 5) is 13.8. The van der Waals surface area contributed by atoms with Crippen LogP contribution in [0.1, 0.15) is 39.5 Å². The number of sulfone groups is 1. The molecule has 3 unspecified atom stereocenters. The van der Waals surface area contributed by atoms with Crippen LogP contribution in [0.4, 0.5) is 0 Å². The highest BCUT2D eigenvalue weighted by Crippen LogP contribution is 2.40. The van der Waals surface area contributed by atoms with Gasteiger partial charge < -0.3 is 5.11 Å². The van der Waals surface area contributed by atoms with Crippen LogP contribution in [0, 0.1) is 11.3 Å². The van der Waals surface area contributed by atoms with E-state index in [4.69, 9.17) is 0 Å². The lowest BCUT2D eigenvalue weighted by atomic mass is 9.69. The van der Waals surface area contributed by atoms with Gasteiger partial charge in [-0.25, -0.2) is 8.42 Å². The van der Waals surface area contributed by atoms with Crippen LogP contribution in [0.3, 0.4) is 0 Å². The number of aliphatic carboxylic acids is 1. The van der Waals surface area contributed by atoms with Crippen molar-refractivity contribution in [3.8, 4) is 0 Å². The maximum Gasteiger partial charge on any atom is 0.310 e. The first-order chi connectivity index (χ1) is 9.24. The van der Waals surface area contributed by atoms with Crippen molar-refractivity contribution in [1.82, 2.24) is 4.90 Å². The van der Waals surface area contributed by atoms with Crippen LogP contribution in [-0.4, -0.2) is 55.0 Å². The predicted octanol–water partition coefficient (Wildman–Crippen LogP) is 1.39. The molecule has 1 saturated carbocycles. The number of hydrogen-bond donors (Lipinski definition) is 1. The van der Waals surface area contributed by atoms with Crippen molar-refractivity contribution in [1.29, 1.82) is 0 Å². The van der Waals surface area contributed by atoms with E-state index in [1.54, 1.807) is 0 Å². The molecule has 1 aliphatic heterocycles. The second-order valence-corrected chi connectivity index (χ2v) is 8.95. The molecule has 1 heterocycles. The molecule has 0 aromatic rings. The third kappa shape index (κ3) is 3.34. The standard InChI is InChI=1S/C14H25NO4S/c1-11-4-3-5-14(8-11,13(16)17)10-15-6-7-20(18,19)9-12(15)2/h11-12H,3-10H2,1-2H3,(H,16,17). The molecule has 2 rings (SSSR count). The molecule has 2 aliphatic rings. The Bertz CT molecular complexity index is 476. The molecule has 1 N–H and O–H groups in total. The quantitative estimate of drug-likeness (QED) is 0.852. The highest BCUT2D eigenvalue weighted by molar-refractivity contribution is 7.91. The fourth-order valence-electron chi connectivity index (χ4n) is 3.72. The summed E-state index contributed by atoms with van der Waals surface area (Å²) >= 11 is 0. The van der Waals surface area contributed by atoms with Gasteiger partial charge in [-0.2, -0.15) is 0 Å². The Balaban J connectivity index is 2.11. The molecule has 5 nitrogen and oxygen atoms in total. The van der Waals surface area contributed by atoms with Gasteiger partial charge in [0.2, 0.25) is 0 Å². The minimum atomic E-state index is -2.95. The topological polar surface area (TPSA) is 74.7 Å². The van der Waals surface area contributed by atoms with Crippen molar-refractivity contribution in [3.63, 3.8) is 0 Å². The number of carboxylic acids is 1. The highest BCUT2D eigenvalue weighted by Gasteiger charge is 2.44. The maximum atomic E-state index is 11.8. The first-order valence-electron chi connectivity index (χ1n) is 7.42. The molecule has 0 aromatic heterocycles. The minimum Gasteiger partial charge on any atom is -0.481 e. The van der Waals surface area contributed by atoms with Gasteiger partial charge in [0.15, 0.2) is 9.84 Å². The number of rotatable bonds is 3. The summed E-state index contributed by atoms with van der Waals surface area (Å²) in [6.07, 6.45) is 3.47. The number of hydrogen-bond acceptors (Lipinski definition) is 4. The predicted molar refractivity (Wildman–Crippen MR) is 77.4 cm³/mol. The molecule has 0 amide bonds. The fourth-order valence-corrected chi connectivity index (χ4v) is 5.35. The van der Waals surface area contributed by atoms with Crippen molar-refractivity contribution in [2.45, 2.75) is 45.6 Å². The first-order valence-corrected chi connectivity index (χ1v) is 9.24. The van der Waals surface area contributed by atoms with Gasteiger partial charge in [-0.05, 0) is 25.7 Å². The number of carboxylic acid groups (broad SMARTS) is 1.